The van der Waals surface area contributed by atoms with Gasteiger partial charge in [-0.15, -0.1) is 0 Å². The molecule has 3 N–H and O–H groups in total. The molecule has 118 valence electrons. The summed E-state index contributed by atoms with van der Waals surface area (Å²) < 4.78 is 37.1. The first-order chi connectivity index (χ1) is 10.3. The molecular formula is C16H19FN2O2S. The highest BCUT2D eigenvalue weighted by Gasteiger charge is 2.11. The smallest absolute Gasteiger partial charge is 0.175 e. The molecule has 2 aromatic carbocycles. The van der Waals surface area contributed by atoms with Crippen LogP contribution in [0.3, 0.4) is 0 Å². The van der Waals surface area contributed by atoms with Gasteiger partial charge in [0.05, 0.1) is 4.90 Å². The maximum absolute atomic E-state index is 13.7. The van der Waals surface area contributed by atoms with Gasteiger partial charge in [-0.1, -0.05) is 12.1 Å². The third-order valence-electron chi connectivity index (χ3n) is 3.45. The first-order valence-electron chi connectivity index (χ1n) is 6.86. The number of aryl methyl sites for hydroxylation is 1. The van der Waals surface area contributed by atoms with Gasteiger partial charge < -0.3 is 11.1 Å². The third kappa shape index (κ3) is 3.76. The standard InChI is InChI=1S/C16H19FN2O2S/c1-11-6-7-12(10-16(11)22(2,20)21)19-9-8-13-14(17)4-3-5-15(13)18/h3-7,10,19H,8-9,18H2,1-2H3. The summed E-state index contributed by atoms with van der Waals surface area (Å²) in [6.45, 7) is 2.21. The lowest BCUT2D eigenvalue weighted by molar-refractivity contribution is 0.601. The van der Waals surface area contributed by atoms with Crippen molar-refractivity contribution in [3.63, 3.8) is 0 Å². The van der Waals surface area contributed by atoms with Gasteiger partial charge in [-0.2, -0.15) is 0 Å². The second-order valence-electron chi connectivity index (χ2n) is 5.24. The van der Waals surface area contributed by atoms with Crippen molar-refractivity contribution in [1.82, 2.24) is 0 Å². The lowest BCUT2D eigenvalue weighted by Gasteiger charge is -2.11. The number of anilines is 2. The molecule has 0 heterocycles. The van der Waals surface area contributed by atoms with Crippen LogP contribution >= 0.6 is 0 Å². The molecule has 0 amide bonds. The molecule has 6 heteroatoms. The van der Waals surface area contributed by atoms with Crippen LogP contribution in [0, 0.1) is 12.7 Å². The number of benzene rings is 2. The highest BCUT2D eigenvalue weighted by molar-refractivity contribution is 7.90. The number of nitrogens with two attached hydrogens (primary N) is 1. The van der Waals surface area contributed by atoms with Crippen molar-refractivity contribution in [2.45, 2.75) is 18.2 Å². The van der Waals surface area contributed by atoms with Crippen molar-refractivity contribution < 1.29 is 12.8 Å². The Morgan fingerprint density at radius 3 is 2.59 bits per heavy atom. The van der Waals surface area contributed by atoms with Crippen LogP contribution in [0.1, 0.15) is 11.1 Å². The van der Waals surface area contributed by atoms with Crippen molar-refractivity contribution in [1.29, 1.82) is 0 Å². The SMILES string of the molecule is Cc1ccc(NCCc2c(N)cccc2F)cc1S(C)(=O)=O. The normalized spacial score (nSPS) is 11.4. The van der Waals surface area contributed by atoms with Gasteiger partial charge in [0.2, 0.25) is 0 Å². The van der Waals surface area contributed by atoms with E-state index in [2.05, 4.69) is 5.32 Å². The Bertz CT molecular complexity index is 768. The average Bonchev–Trinajstić information content (AvgIpc) is 2.42. The summed E-state index contributed by atoms with van der Waals surface area (Å²) in [6, 6.07) is 9.74. The minimum Gasteiger partial charge on any atom is -0.398 e. The minimum atomic E-state index is -3.27. The Labute approximate surface area is 130 Å². The molecule has 0 saturated carbocycles. The van der Waals surface area contributed by atoms with Crippen LogP contribution in [0.2, 0.25) is 0 Å². The first kappa shape index (κ1) is 16.3. The van der Waals surface area contributed by atoms with E-state index in [4.69, 9.17) is 5.73 Å². The molecule has 0 atom stereocenters. The van der Waals surface area contributed by atoms with E-state index in [-0.39, 0.29) is 5.82 Å². The predicted molar refractivity (Wildman–Crippen MR) is 87.3 cm³/mol. The summed E-state index contributed by atoms with van der Waals surface area (Å²) >= 11 is 0. The molecular weight excluding hydrogens is 303 g/mol. The molecule has 0 aliphatic heterocycles. The van der Waals surface area contributed by atoms with Crippen LogP contribution < -0.4 is 11.1 Å². The maximum Gasteiger partial charge on any atom is 0.175 e. The van der Waals surface area contributed by atoms with Gasteiger partial charge in [0.15, 0.2) is 9.84 Å². The highest BCUT2D eigenvalue weighted by atomic mass is 32.2. The summed E-state index contributed by atoms with van der Waals surface area (Å²) in [5.41, 5.74) is 8.02. The molecule has 0 spiro atoms. The molecule has 0 bridgehead atoms. The number of rotatable bonds is 5. The maximum atomic E-state index is 13.7. The molecule has 2 rings (SSSR count). The van der Waals surface area contributed by atoms with Crippen molar-refractivity contribution >= 4 is 21.2 Å². The van der Waals surface area contributed by atoms with Gasteiger partial charge in [0.25, 0.3) is 0 Å². The van der Waals surface area contributed by atoms with E-state index in [0.717, 1.165) is 0 Å². The Kier molecular flexibility index (Phi) is 4.71. The molecule has 0 aliphatic carbocycles. The van der Waals surface area contributed by atoms with E-state index >= 15 is 0 Å². The summed E-state index contributed by atoms with van der Waals surface area (Å²) in [7, 11) is -3.27. The summed E-state index contributed by atoms with van der Waals surface area (Å²) in [4.78, 5) is 0.294. The van der Waals surface area contributed by atoms with Gasteiger partial charge in [0.1, 0.15) is 5.82 Å². The third-order valence-corrected chi connectivity index (χ3v) is 4.69. The molecule has 22 heavy (non-hydrogen) atoms. The summed E-state index contributed by atoms with van der Waals surface area (Å²) in [5, 5.41) is 3.10. The van der Waals surface area contributed by atoms with E-state index in [1.165, 1.54) is 12.3 Å². The minimum absolute atomic E-state index is 0.294. The number of sulfone groups is 1. The fourth-order valence-electron chi connectivity index (χ4n) is 2.28. The van der Waals surface area contributed by atoms with Crippen LogP contribution in [-0.2, 0) is 16.3 Å². The summed E-state index contributed by atoms with van der Waals surface area (Å²) in [5.74, 6) is -0.331. The van der Waals surface area contributed by atoms with Crippen LogP contribution in [0.4, 0.5) is 15.8 Å². The Hall–Kier alpha value is -2.08. The van der Waals surface area contributed by atoms with Crippen LogP contribution in [-0.4, -0.2) is 21.2 Å². The lowest BCUT2D eigenvalue weighted by atomic mass is 10.1. The molecule has 0 saturated heterocycles. The second-order valence-corrected chi connectivity index (χ2v) is 7.22. The zero-order chi connectivity index (χ0) is 16.3. The van der Waals surface area contributed by atoms with Crippen molar-refractivity contribution in [2.24, 2.45) is 0 Å². The van der Waals surface area contributed by atoms with Crippen molar-refractivity contribution in [3.8, 4) is 0 Å². The van der Waals surface area contributed by atoms with Gasteiger partial charge in [-0.3, -0.25) is 0 Å². The topological polar surface area (TPSA) is 72.2 Å². The monoisotopic (exact) mass is 322 g/mol. The van der Waals surface area contributed by atoms with Gasteiger partial charge in [0, 0.05) is 29.7 Å². The fraction of sp³-hybridized carbons (Fsp3) is 0.250. The summed E-state index contributed by atoms with van der Waals surface area (Å²) in [6.07, 6.45) is 1.60. The number of halogens is 1. The van der Waals surface area contributed by atoms with Gasteiger partial charge >= 0.3 is 0 Å². The highest BCUT2D eigenvalue weighted by Crippen LogP contribution is 2.21. The average molecular weight is 322 g/mol. The zero-order valence-corrected chi connectivity index (χ0v) is 13.4. The van der Waals surface area contributed by atoms with E-state index < -0.39 is 9.84 Å². The molecule has 0 aliphatic rings. The van der Waals surface area contributed by atoms with Crippen LogP contribution in [0.15, 0.2) is 41.3 Å². The zero-order valence-electron chi connectivity index (χ0n) is 12.6. The number of nitrogen functional groups attached to an aromatic ring is 1. The van der Waals surface area contributed by atoms with Crippen LogP contribution in [0.5, 0.6) is 0 Å². The van der Waals surface area contributed by atoms with E-state index in [9.17, 15) is 12.8 Å². The first-order valence-corrected chi connectivity index (χ1v) is 8.75. The number of hydrogen-bond acceptors (Lipinski definition) is 4. The number of hydrogen-bond donors (Lipinski definition) is 2. The van der Waals surface area contributed by atoms with E-state index in [1.54, 1.807) is 37.3 Å². The molecule has 0 unspecified atom stereocenters. The second kappa shape index (κ2) is 6.36. The van der Waals surface area contributed by atoms with Gasteiger partial charge in [-0.25, -0.2) is 12.8 Å². The van der Waals surface area contributed by atoms with Crippen molar-refractivity contribution in [3.05, 3.63) is 53.3 Å². The molecule has 0 radical (unpaired) electrons. The quantitative estimate of drug-likeness (QED) is 0.830. The van der Waals surface area contributed by atoms with Gasteiger partial charge in [-0.05, 0) is 43.2 Å². The Morgan fingerprint density at radius 1 is 1.23 bits per heavy atom. The Balaban J connectivity index is 2.10. The molecule has 0 fully saturated rings. The predicted octanol–water partition coefficient (Wildman–Crippen LogP) is 2.77. The van der Waals surface area contributed by atoms with Crippen molar-refractivity contribution in [2.75, 3.05) is 23.9 Å². The fourth-order valence-corrected chi connectivity index (χ4v) is 3.27. The Morgan fingerprint density at radius 2 is 1.95 bits per heavy atom. The van der Waals surface area contributed by atoms with E-state index in [0.29, 0.717) is 40.4 Å². The molecule has 4 nitrogen and oxygen atoms in total. The van der Waals surface area contributed by atoms with E-state index in [1.807, 2.05) is 0 Å². The van der Waals surface area contributed by atoms with Crippen LogP contribution in [0.25, 0.3) is 0 Å². The number of nitrogens with one attached hydrogen (secondary N) is 1. The largest absolute Gasteiger partial charge is 0.398 e. The lowest BCUT2D eigenvalue weighted by Crippen LogP contribution is -2.09. The molecule has 2 aromatic rings. The molecule has 0 aromatic heterocycles.